The van der Waals surface area contributed by atoms with Gasteiger partial charge in [0.05, 0.1) is 5.52 Å². The number of nitrogens with zero attached hydrogens (tertiary/aromatic N) is 1. The molecule has 0 atom stereocenters. The predicted octanol–water partition coefficient (Wildman–Crippen LogP) is 5.50. The van der Waals surface area contributed by atoms with Gasteiger partial charge in [0.25, 0.3) is 0 Å². The highest BCUT2D eigenvalue weighted by molar-refractivity contribution is 6.74. The third-order valence-corrected chi connectivity index (χ3v) is 10.0. The average Bonchev–Trinajstić information content (AvgIpc) is 2.41. The van der Waals surface area contributed by atoms with Crippen LogP contribution in [0.2, 0.25) is 18.1 Å². The van der Waals surface area contributed by atoms with Crippen molar-refractivity contribution in [1.29, 1.82) is 0 Å². The van der Waals surface area contributed by atoms with E-state index >= 15 is 0 Å². The van der Waals surface area contributed by atoms with Gasteiger partial charge in [0.2, 0.25) is 0 Å². The van der Waals surface area contributed by atoms with E-state index < -0.39 is 8.32 Å². The molecule has 0 amide bonds. The van der Waals surface area contributed by atoms with E-state index in [9.17, 15) is 0 Å². The van der Waals surface area contributed by atoms with Crippen molar-refractivity contribution in [2.45, 2.75) is 63.8 Å². The quantitative estimate of drug-likeness (QED) is 0.698. The molecule has 0 aliphatic heterocycles. The number of aromatic nitrogens is 1. The van der Waals surface area contributed by atoms with Crippen LogP contribution in [-0.4, -0.2) is 19.4 Å². The Hall–Kier alpha value is -1.19. The van der Waals surface area contributed by atoms with Gasteiger partial charge in [-0.3, -0.25) is 4.98 Å². The highest BCUT2D eigenvalue weighted by Gasteiger charge is 2.42. The molecule has 0 radical (unpaired) electrons. The third kappa shape index (κ3) is 2.84. The Labute approximate surface area is 135 Å². The molecule has 1 fully saturated rings. The molecular formula is C19H27NOSi. The number of pyridine rings is 1. The molecule has 2 nitrogen and oxygen atoms in total. The Morgan fingerprint density at radius 1 is 1.09 bits per heavy atom. The van der Waals surface area contributed by atoms with Gasteiger partial charge in [-0.05, 0) is 48.5 Å². The first-order chi connectivity index (χ1) is 10.3. The number of benzene rings is 1. The van der Waals surface area contributed by atoms with E-state index in [0.29, 0.717) is 17.1 Å². The van der Waals surface area contributed by atoms with Crippen molar-refractivity contribution in [3.05, 3.63) is 42.1 Å². The molecule has 1 heterocycles. The van der Waals surface area contributed by atoms with Crippen molar-refractivity contribution in [2.24, 2.45) is 0 Å². The molecule has 0 bridgehead atoms. The third-order valence-electron chi connectivity index (χ3n) is 5.47. The minimum atomic E-state index is -1.64. The van der Waals surface area contributed by atoms with Crippen molar-refractivity contribution < 1.29 is 4.43 Å². The van der Waals surface area contributed by atoms with Crippen LogP contribution in [0, 0.1) is 0 Å². The number of fused-ring (bicyclic) bond motifs is 1. The maximum Gasteiger partial charge on any atom is 0.192 e. The lowest BCUT2D eigenvalue weighted by Crippen LogP contribution is -2.47. The predicted molar refractivity (Wildman–Crippen MR) is 95.8 cm³/mol. The molecule has 0 saturated heterocycles. The summed E-state index contributed by atoms with van der Waals surface area (Å²) in [5.74, 6) is 0.605. The first-order valence-electron chi connectivity index (χ1n) is 8.29. The zero-order valence-corrected chi connectivity index (χ0v) is 15.4. The van der Waals surface area contributed by atoms with Crippen LogP contribution in [0.25, 0.3) is 10.9 Å². The summed E-state index contributed by atoms with van der Waals surface area (Å²) in [6.07, 6.45) is 4.61. The number of para-hydroxylation sites is 1. The second-order valence-electron chi connectivity index (χ2n) is 8.09. The van der Waals surface area contributed by atoms with Gasteiger partial charge in [-0.2, -0.15) is 0 Å². The summed E-state index contributed by atoms with van der Waals surface area (Å²) in [7, 11) is -1.64. The Morgan fingerprint density at radius 2 is 1.77 bits per heavy atom. The van der Waals surface area contributed by atoms with Gasteiger partial charge in [-0.1, -0.05) is 45.0 Å². The molecule has 1 saturated carbocycles. The van der Waals surface area contributed by atoms with E-state index in [0.717, 1.165) is 12.8 Å². The Balaban J connectivity index is 1.71. The van der Waals surface area contributed by atoms with Crippen LogP contribution in [0.3, 0.4) is 0 Å². The number of hydrogen-bond acceptors (Lipinski definition) is 2. The first-order valence-corrected chi connectivity index (χ1v) is 11.2. The maximum absolute atomic E-state index is 6.52. The summed E-state index contributed by atoms with van der Waals surface area (Å²) in [5.41, 5.74) is 2.56. The van der Waals surface area contributed by atoms with Crippen LogP contribution in [0.4, 0.5) is 0 Å². The van der Waals surface area contributed by atoms with E-state index in [1.54, 1.807) is 0 Å². The molecule has 0 N–H and O–H groups in total. The van der Waals surface area contributed by atoms with Gasteiger partial charge in [-0.25, -0.2) is 0 Å². The molecule has 1 aliphatic rings. The lowest BCUT2D eigenvalue weighted by molar-refractivity contribution is 0.0845. The monoisotopic (exact) mass is 313 g/mol. The van der Waals surface area contributed by atoms with Crippen LogP contribution in [-0.2, 0) is 4.43 Å². The largest absolute Gasteiger partial charge is 0.414 e. The molecule has 1 aromatic carbocycles. The van der Waals surface area contributed by atoms with Crippen LogP contribution in [0.5, 0.6) is 0 Å². The first kappa shape index (κ1) is 15.7. The summed E-state index contributed by atoms with van der Waals surface area (Å²) in [6, 6.07) is 10.7. The topological polar surface area (TPSA) is 22.1 Å². The molecule has 3 rings (SSSR count). The van der Waals surface area contributed by atoms with Crippen LogP contribution in [0.15, 0.2) is 36.5 Å². The normalized spacial score (nSPS) is 22.6. The van der Waals surface area contributed by atoms with Gasteiger partial charge < -0.3 is 4.43 Å². The van der Waals surface area contributed by atoms with Crippen LogP contribution >= 0.6 is 0 Å². The smallest absolute Gasteiger partial charge is 0.192 e. The van der Waals surface area contributed by atoms with Crippen molar-refractivity contribution in [2.75, 3.05) is 0 Å². The standard InChI is InChI=1S/C19H27NOSi/c1-19(2,3)22(4,5)21-16-12-15(13-16)17-10-6-8-14-9-7-11-20-18(14)17/h6-11,15-16H,12-13H2,1-5H3. The maximum atomic E-state index is 6.52. The summed E-state index contributed by atoms with van der Waals surface area (Å²) >= 11 is 0. The fourth-order valence-corrected chi connectivity index (χ4v) is 4.35. The lowest BCUT2D eigenvalue weighted by atomic mass is 9.77. The molecule has 3 heteroatoms. The van der Waals surface area contributed by atoms with Gasteiger partial charge in [0.1, 0.15) is 0 Å². The van der Waals surface area contributed by atoms with Crippen molar-refractivity contribution in [3.63, 3.8) is 0 Å². The molecule has 0 spiro atoms. The van der Waals surface area contributed by atoms with Crippen molar-refractivity contribution in [1.82, 2.24) is 4.98 Å². The lowest BCUT2D eigenvalue weighted by Gasteiger charge is -2.45. The highest BCUT2D eigenvalue weighted by atomic mass is 28.4. The van der Waals surface area contributed by atoms with Crippen LogP contribution in [0.1, 0.15) is 45.1 Å². The van der Waals surface area contributed by atoms with Crippen molar-refractivity contribution >= 4 is 19.2 Å². The molecule has 2 aromatic rings. The Morgan fingerprint density at radius 3 is 2.45 bits per heavy atom. The zero-order chi connectivity index (χ0) is 16.0. The molecule has 1 aliphatic carbocycles. The zero-order valence-electron chi connectivity index (χ0n) is 14.4. The Kier molecular flexibility index (Phi) is 3.90. The second-order valence-corrected chi connectivity index (χ2v) is 12.8. The van der Waals surface area contributed by atoms with E-state index in [4.69, 9.17) is 4.43 Å². The minimum Gasteiger partial charge on any atom is -0.414 e. The summed E-state index contributed by atoms with van der Waals surface area (Å²) in [5, 5.41) is 1.53. The fraction of sp³-hybridized carbons (Fsp3) is 0.526. The van der Waals surface area contributed by atoms with E-state index in [1.165, 1.54) is 16.5 Å². The molecule has 0 unspecified atom stereocenters. The van der Waals surface area contributed by atoms with Gasteiger partial charge in [0, 0.05) is 17.7 Å². The molecule has 118 valence electrons. The van der Waals surface area contributed by atoms with Crippen molar-refractivity contribution in [3.8, 4) is 0 Å². The summed E-state index contributed by atoms with van der Waals surface area (Å²) < 4.78 is 6.52. The van der Waals surface area contributed by atoms with E-state index in [1.807, 2.05) is 12.3 Å². The summed E-state index contributed by atoms with van der Waals surface area (Å²) in [6.45, 7) is 11.6. The van der Waals surface area contributed by atoms with Gasteiger partial charge >= 0.3 is 0 Å². The highest BCUT2D eigenvalue weighted by Crippen LogP contribution is 2.45. The Bertz CT molecular complexity index is 663. The van der Waals surface area contributed by atoms with Gasteiger partial charge in [-0.15, -0.1) is 0 Å². The van der Waals surface area contributed by atoms with Crippen LogP contribution < -0.4 is 0 Å². The number of rotatable bonds is 3. The van der Waals surface area contributed by atoms with Gasteiger partial charge in [0.15, 0.2) is 8.32 Å². The van der Waals surface area contributed by atoms with E-state index in [-0.39, 0.29) is 0 Å². The average molecular weight is 314 g/mol. The van der Waals surface area contributed by atoms with E-state index in [2.05, 4.69) is 63.1 Å². The molecule has 1 aromatic heterocycles. The summed E-state index contributed by atoms with van der Waals surface area (Å²) in [4.78, 5) is 4.59. The number of hydrogen-bond donors (Lipinski definition) is 0. The fourth-order valence-electron chi connectivity index (χ4n) is 2.97. The SMILES string of the molecule is CC(C)(C)[Si](C)(C)OC1CC(c2cccc3cccnc23)C1. The molecule has 22 heavy (non-hydrogen) atoms. The molecular weight excluding hydrogens is 286 g/mol. The second kappa shape index (κ2) is 5.46. The minimum absolute atomic E-state index is 0.291.